The van der Waals surface area contributed by atoms with Crippen molar-refractivity contribution in [2.75, 3.05) is 19.1 Å². The molecule has 1 saturated carbocycles. The van der Waals surface area contributed by atoms with Crippen LogP contribution in [0.5, 0.6) is 11.5 Å². The largest absolute Gasteiger partial charge is 0.503 e. The topological polar surface area (TPSA) is 104 Å². The molecule has 1 N–H and O–H groups in total. The molecule has 4 aliphatic rings. The maximum Gasteiger partial charge on any atom is 0.253 e. The van der Waals surface area contributed by atoms with E-state index >= 15 is 0 Å². The van der Waals surface area contributed by atoms with Crippen molar-refractivity contribution >= 4 is 68.4 Å². The normalized spacial score (nSPS) is 32.6. The Hall–Kier alpha value is -2.88. The second-order valence-corrected chi connectivity index (χ2v) is 13.2. The highest BCUT2D eigenvalue weighted by molar-refractivity contribution is 9.10. The van der Waals surface area contributed by atoms with Crippen LogP contribution in [-0.4, -0.2) is 57.5 Å². The summed E-state index contributed by atoms with van der Waals surface area (Å²) in [7, 11) is 2.73. The third kappa shape index (κ3) is 3.64. The lowest BCUT2D eigenvalue weighted by molar-refractivity contribution is -0.138. The average molecular weight is 662 g/mol. The Balaban J connectivity index is 1.51. The number of phenols is 1. The van der Waals surface area contributed by atoms with E-state index in [4.69, 9.17) is 27.9 Å². The van der Waals surface area contributed by atoms with Crippen LogP contribution in [-0.2, 0) is 25.6 Å². The lowest BCUT2D eigenvalue weighted by Crippen LogP contribution is -2.60. The number of imide groups is 2. The van der Waals surface area contributed by atoms with Gasteiger partial charge in [0.05, 0.1) is 29.1 Å². The summed E-state index contributed by atoms with van der Waals surface area (Å²) < 4.78 is 5.66. The SMILES string of the molecule is CCc1ccc(N2C(=O)[C@H]3[C@H](CC=C4[C@H]3C[C@@]3(Cl)C(=O)N(C)C(=O)[C@@]3(Cl)[C@H]4c3cc(Br)c(O)c(OC)c3)C2=O)cc1. The summed E-state index contributed by atoms with van der Waals surface area (Å²) >= 11 is 17.8. The minimum atomic E-state index is -1.92. The molecule has 0 unspecified atom stereocenters. The Bertz CT molecular complexity index is 1560. The molecule has 6 atom stereocenters. The Morgan fingerprint density at radius 3 is 2.37 bits per heavy atom. The summed E-state index contributed by atoms with van der Waals surface area (Å²) in [6, 6.07) is 10.5. The van der Waals surface area contributed by atoms with Crippen molar-refractivity contribution in [2.24, 2.45) is 17.8 Å². The van der Waals surface area contributed by atoms with E-state index in [1.807, 2.05) is 25.1 Å². The molecule has 2 heterocycles. The number of alkyl halides is 2. The second kappa shape index (κ2) is 9.57. The molecule has 0 bridgehead atoms. The molecular weight excluding hydrogens is 635 g/mol. The summed E-state index contributed by atoms with van der Waals surface area (Å²) in [6.45, 7) is 2.02. The van der Waals surface area contributed by atoms with Gasteiger partial charge in [-0.15, -0.1) is 23.2 Å². The van der Waals surface area contributed by atoms with Gasteiger partial charge in [-0.1, -0.05) is 30.7 Å². The highest BCUT2D eigenvalue weighted by Gasteiger charge is 2.76. The van der Waals surface area contributed by atoms with Crippen LogP contribution in [0.15, 0.2) is 52.5 Å². The van der Waals surface area contributed by atoms with E-state index in [-0.39, 0.29) is 36.2 Å². The number of hydrogen-bond acceptors (Lipinski definition) is 6. The van der Waals surface area contributed by atoms with Gasteiger partial charge in [-0.05, 0) is 76.5 Å². The number of ether oxygens (including phenoxy) is 1. The standard InChI is InChI=1S/C30H27BrCl2N2O6/c1-4-14-5-7-16(8-6-14)35-25(37)18-10-9-17-19(22(18)26(35)38)13-29(32)27(39)34(2)28(40)30(29,33)23(17)15-11-20(31)24(36)21(12-15)41-3/h5-9,11-12,18-19,22-23,36H,4,10,13H2,1-3H3/t18-,19+,22-,23-,29+,30-/m0/s1. The van der Waals surface area contributed by atoms with E-state index < -0.39 is 45.2 Å². The average Bonchev–Trinajstić information content (AvgIpc) is 3.29. The highest BCUT2D eigenvalue weighted by Crippen LogP contribution is 2.65. The van der Waals surface area contributed by atoms with Gasteiger partial charge in [0.25, 0.3) is 11.8 Å². The molecule has 0 radical (unpaired) electrons. The van der Waals surface area contributed by atoms with Crippen LogP contribution in [0.1, 0.15) is 36.8 Å². The van der Waals surface area contributed by atoms with E-state index in [2.05, 4.69) is 15.9 Å². The fourth-order valence-corrected chi connectivity index (χ4v) is 8.65. The van der Waals surface area contributed by atoms with E-state index in [0.29, 0.717) is 21.3 Å². The molecule has 6 rings (SSSR count). The molecule has 0 spiro atoms. The molecule has 2 aromatic rings. The van der Waals surface area contributed by atoms with Gasteiger partial charge in [-0.3, -0.25) is 29.0 Å². The van der Waals surface area contributed by atoms with Crippen LogP contribution < -0.4 is 9.64 Å². The number of amides is 4. The van der Waals surface area contributed by atoms with Gasteiger partial charge in [0, 0.05) is 13.0 Å². The Kier molecular flexibility index (Phi) is 6.60. The van der Waals surface area contributed by atoms with E-state index in [1.54, 1.807) is 24.3 Å². The van der Waals surface area contributed by atoms with Crippen LogP contribution in [0, 0.1) is 17.8 Å². The molecule has 2 saturated heterocycles. The molecule has 11 heteroatoms. The van der Waals surface area contributed by atoms with Gasteiger partial charge in [0.2, 0.25) is 11.8 Å². The predicted molar refractivity (Wildman–Crippen MR) is 156 cm³/mol. The zero-order valence-corrected chi connectivity index (χ0v) is 25.6. The number of likely N-dealkylation sites (tertiary alicyclic amines) is 1. The number of hydrogen-bond donors (Lipinski definition) is 1. The first-order valence-electron chi connectivity index (χ1n) is 13.3. The number of phenolic OH excluding ortho intramolecular Hbond substituents is 1. The quantitative estimate of drug-likeness (QED) is 0.284. The number of halogens is 3. The van der Waals surface area contributed by atoms with Gasteiger partial charge >= 0.3 is 0 Å². The summed E-state index contributed by atoms with van der Waals surface area (Å²) in [5, 5.41) is 10.5. The summed E-state index contributed by atoms with van der Waals surface area (Å²) in [4.78, 5) is 53.4. The van der Waals surface area contributed by atoms with Crippen LogP contribution in [0.3, 0.4) is 0 Å². The van der Waals surface area contributed by atoms with Crippen LogP contribution in [0.25, 0.3) is 0 Å². The molecule has 41 heavy (non-hydrogen) atoms. The van der Waals surface area contributed by atoms with Gasteiger partial charge in [-0.25, -0.2) is 0 Å². The highest BCUT2D eigenvalue weighted by atomic mass is 79.9. The maximum atomic E-state index is 14.1. The zero-order chi connectivity index (χ0) is 29.6. The number of nitrogens with zero attached hydrogens (tertiary/aromatic N) is 2. The van der Waals surface area contributed by atoms with Crippen molar-refractivity contribution in [2.45, 2.75) is 41.9 Å². The molecule has 2 aliphatic carbocycles. The van der Waals surface area contributed by atoms with Crippen molar-refractivity contribution in [1.29, 1.82) is 0 Å². The van der Waals surface area contributed by atoms with Crippen LogP contribution in [0.4, 0.5) is 5.69 Å². The third-order valence-electron chi connectivity index (χ3n) is 9.22. The Morgan fingerprint density at radius 1 is 1.05 bits per heavy atom. The molecule has 0 aromatic heterocycles. The first-order chi connectivity index (χ1) is 19.4. The van der Waals surface area contributed by atoms with Gasteiger partial charge in [-0.2, -0.15) is 0 Å². The van der Waals surface area contributed by atoms with E-state index in [0.717, 1.165) is 16.9 Å². The monoisotopic (exact) mass is 660 g/mol. The van der Waals surface area contributed by atoms with Crippen molar-refractivity contribution in [3.63, 3.8) is 0 Å². The number of carbonyl (C=O) groups excluding carboxylic acids is 4. The first-order valence-corrected chi connectivity index (χ1v) is 14.9. The van der Waals surface area contributed by atoms with E-state index in [9.17, 15) is 24.3 Å². The number of methoxy groups -OCH3 is 1. The smallest absolute Gasteiger partial charge is 0.253 e. The second-order valence-electron chi connectivity index (χ2n) is 11.1. The molecule has 8 nitrogen and oxygen atoms in total. The fraction of sp³-hybridized carbons (Fsp3) is 0.400. The molecule has 4 amide bonds. The minimum Gasteiger partial charge on any atom is -0.503 e. The van der Waals surface area contributed by atoms with E-state index in [1.165, 1.54) is 19.1 Å². The molecule has 2 aromatic carbocycles. The number of fused-ring (bicyclic) bond motifs is 4. The Morgan fingerprint density at radius 2 is 1.73 bits per heavy atom. The minimum absolute atomic E-state index is 0.0888. The molecular formula is C30H27BrCl2N2O6. The number of anilines is 1. The summed E-state index contributed by atoms with van der Waals surface area (Å²) in [5.41, 5.74) is 2.71. The lowest BCUT2D eigenvalue weighted by Gasteiger charge is -2.50. The number of benzene rings is 2. The zero-order valence-electron chi connectivity index (χ0n) is 22.5. The fourth-order valence-electron chi connectivity index (χ4n) is 7.17. The molecule has 3 fully saturated rings. The van der Waals surface area contributed by atoms with Crippen molar-refractivity contribution in [1.82, 2.24) is 4.90 Å². The van der Waals surface area contributed by atoms with Crippen molar-refractivity contribution in [3.8, 4) is 11.5 Å². The van der Waals surface area contributed by atoms with Crippen molar-refractivity contribution < 1.29 is 29.0 Å². The maximum absolute atomic E-state index is 14.1. The summed E-state index contributed by atoms with van der Waals surface area (Å²) in [6.07, 6.45) is 2.86. The summed E-state index contributed by atoms with van der Waals surface area (Å²) in [5.74, 6) is -5.01. The van der Waals surface area contributed by atoms with Gasteiger partial charge < -0.3 is 9.84 Å². The predicted octanol–water partition coefficient (Wildman–Crippen LogP) is 4.92. The van der Waals surface area contributed by atoms with Crippen LogP contribution in [0.2, 0.25) is 0 Å². The molecule has 214 valence electrons. The first kappa shape index (κ1) is 28.2. The molecule has 2 aliphatic heterocycles. The Labute approximate surface area is 255 Å². The number of aromatic hydroxyl groups is 1. The number of rotatable bonds is 4. The number of carbonyl (C=O) groups is 4. The third-order valence-corrected chi connectivity index (χ3v) is 11.2. The van der Waals surface area contributed by atoms with Gasteiger partial charge in [0.1, 0.15) is 0 Å². The van der Waals surface area contributed by atoms with Gasteiger partial charge in [0.15, 0.2) is 21.2 Å². The number of allylic oxidation sites excluding steroid dienone is 2. The lowest BCUT2D eigenvalue weighted by atomic mass is 9.56. The van der Waals surface area contributed by atoms with Crippen molar-refractivity contribution in [3.05, 3.63) is 63.6 Å². The number of aryl methyl sites for hydroxylation is 1. The van der Waals surface area contributed by atoms with Crippen LogP contribution >= 0.6 is 39.1 Å².